The van der Waals surface area contributed by atoms with Crippen LogP contribution >= 0.6 is 15.9 Å². The van der Waals surface area contributed by atoms with Gasteiger partial charge < -0.3 is 29.2 Å². The van der Waals surface area contributed by atoms with Crippen molar-refractivity contribution in [2.24, 2.45) is 0 Å². The number of amides is 2. The third-order valence-corrected chi connectivity index (χ3v) is 10.2. The van der Waals surface area contributed by atoms with Gasteiger partial charge in [-0.2, -0.15) is 0 Å². The Balaban J connectivity index is 1.89. The summed E-state index contributed by atoms with van der Waals surface area (Å²) in [4.78, 5) is 30.0. The summed E-state index contributed by atoms with van der Waals surface area (Å²) in [7, 11) is 1.21. The molecule has 2 amide bonds. The lowest BCUT2D eigenvalue weighted by atomic mass is 10.0. The SMILES string of the molecule is CCCNC(=O)C(Cc1ccccc1)N(Cc1cccc(Br)c1)C(=O)CN(c1cc(OC)ccc1OC)S(=O)(=O)c1ccc(OC)c(OC)c1. The Hall–Kier alpha value is -4.75. The number of sulfonamides is 1. The first-order valence-electron chi connectivity index (χ1n) is 15.9. The summed E-state index contributed by atoms with van der Waals surface area (Å²) in [6, 6.07) is 24.6. The quantitative estimate of drug-likeness (QED) is 0.142. The Morgan fingerprint density at radius 1 is 0.780 bits per heavy atom. The van der Waals surface area contributed by atoms with Crippen molar-refractivity contribution in [3.05, 3.63) is 107 Å². The number of hydrogen-bond acceptors (Lipinski definition) is 8. The number of anilines is 1. The number of benzene rings is 4. The number of halogens is 1. The lowest BCUT2D eigenvalue weighted by molar-refractivity contribution is -0.140. The molecule has 0 saturated heterocycles. The molecule has 0 aliphatic heterocycles. The number of hydrogen-bond donors (Lipinski definition) is 1. The lowest BCUT2D eigenvalue weighted by Gasteiger charge is -2.34. The average molecular weight is 769 g/mol. The molecule has 1 unspecified atom stereocenters. The van der Waals surface area contributed by atoms with Crippen LogP contribution in [0, 0.1) is 0 Å². The smallest absolute Gasteiger partial charge is 0.265 e. The fourth-order valence-corrected chi connectivity index (χ4v) is 7.24. The van der Waals surface area contributed by atoms with E-state index in [-0.39, 0.29) is 41.0 Å². The van der Waals surface area contributed by atoms with E-state index in [0.717, 1.165) is 19.9 Å². The lowest BCUT2D eigenvalue weighted by Crippen LogP contribution is -2.53. The molecule has 0 radical (unpaired) electrons. The Labute approximate surface area is 302 Å². The monoisotopic (exact) mass is 767 g/mol. The molecule has 11 nitrogen and oxygen atoms in total. The van der Waals surface area contributed by atoms with Crippen LogP contribution in [0.1, 0.15) is 24.5 Å². The van der Waals surface area contributed by atoms with Gasteiger partial charge in [0.1, 0.15) is 24.1 Å². The second-order valence-corrected chi connectivity index (χ2v) is 14.0. The zero-order chi connectivity index (χ0) is 36.3. The van der Waals surface area contributed by atoms with Crippen LogP contribution in [0.3, 0.4) is 0 Å². The van der Waals surface area contributed by atoms with E-state index < -0.39 is 28.5 Å². The summed E-state index contributed by atoms with van der Waals surface area (Å²) in [5.41, 5.74) is 1.63. The molecule has 1 N–H and O–H groups in total. The van der Waals surface area contributed by atoms with Crippen LogP contribution in [0.4, 0.5) is 5.69 Å². The van der Waals surface area contributed by atoms with Crippen LogP contribution in [-0.2, 0) is 32.6 Å². The second kappa shape index (κ2) is 17.8. The molecule has 0 saturated carbocycles. The van der Waals surface area contributed by atoms with Gasteiger partial charge in [-0.25, -0.2) is 8.42 Å². The van der Waals surface area contributed by atoms with Gasteiger partial charge in [0.2, 0.25) is 11.8 Å². The molecule has 0 heterocycles. The summed E-state index contributed by atoms with van der Waals surface area (Å²) < 4.78 is 52.8. The first-order chi connectivity index (χ1) is 24.1. The van der Waals surface area contributed by atoms with E-state index in [1.165, 1.54) is 57.6 Å². The largest absolute Gasteiger partial charge is 0.497 e. The van der Waals surface area contributed by atoms with Gasteiger partial charge in [0.05, 0.1) is 39.0 Å². The molecule has 0 aliphatic carbocycles. The number of methoxy groups -OCH3 is 4. The van der Waals surface area contributed by atoms with Crippen LogP contribution in [0.25, 0.3) is 0 Å². The van der Waals surface area contributed by atoms with Crippen LogP contribution in [0.15, 0.2) is 100 Å². The number of carbonyl (C=O) groups excluding carboxylic acids is 2. The van der Waals surface area contributed by atoms with Gasteiger partial charge in [-0.1, -0.05) is 65.3 Å². The highest BCUT2D eigenvalue weighted by Crippen LogP contribution is 2.38. The molecule has 4 aromatic rings. The molecule has 4 aromatic carbocycles. The Kier molecular flexibility index (Phi) is 13.5. The topological polar surface area (TPSA) is 124 Å². The standard InChI is InChI=1S/C37H42BrN3O8S/c1-6-19-39-37(43)32(21-26-11-8-7-9-12-26)40(24-27-13-10-14-28(38)20-27)36(42)25-41(31-22-29(46-2)15-17-33(31)47-3)50(44,45)30-16-18-34(48-4)35(23-30)49-5/h7-18,20,22-23,32H,6,19,21,24-25H2,1-5H3,(H,39,43). The van der Waals surface area contributed by atoms with Crippen LogP contribution in [0.2, 0.25) is 0 Å². The van der Waals surface area contributed by atoms with E-state index in [0.29, 0.717) is 24.5 Å². The van der Waals surface area contributed by atoms with Gasteiger partial charge in [0.15, 0.2) is 11.5 Å². The molecule has 0 aliphatic rings. The van der Waals surface area contributed by atoms with E-state index in [4.69, 9.17) is 18.9 Å². The van der Waals surface area contributed by atoms with Crippen LogP contribution in [-0.4, -0.2) is 72.7 Å². The molecule has 13 heteroatoms. The summed E-state index contributed by atoms with van der Waals surface area (Å²) >= 11 is 3.50. The number of nitrogens with one attached hydrogen (secondary N) is 1. The number of nitrogens with zero attached hydrogens (tertiary/aromatic N) is 2. The highest BCUT2D eigenvalue weighted by atomic mass is 79.9. The van der Waals surface area contributed by atoms with Crippen molar-refractivity contribution >= 4 is 43.5 Å². The molecule has 4 rings (SSSR count). The Bertz CT molecular complexity index is 1870. The maximum Gasteiger partial charge on any atom is 0.265 e. The van der Waals surface area contributed by atoms with E-state index in [2.05, 4.69) is 21.2 Å². The highest BCUT2D eigenvalue weighted by Gasteiger charge is 2.36. The first kappa shape index (κ1) is 38.1. The molecule has 50 heavy (non-hydrogen) atoms. The van der Waals surface area contributed by atoms with Gasteiger partial charge in [-0.3, -0.25) is 13.9 Å². The maximum absolute atomic E-state index is 14.8. The summed E-state index contributed by atoms with van der Waals surface area (Å²) in [6.07, 6.45) is 0.886. The third-order valence-electron chi connectivity index (χ3n) is 7.94. The van der Waals surface area contributed by atoms with Crippen molar-refractivity contribution in [3.63, 3.8) is 0 Å². The van der Waals surface area contributed by atoms with Gasteiger partial charge in [0.25, 0.3) is 10.0 Å². The van der Waals surface area contributed by atoms with Crippen molar-refractivity contribution in [1.29, 1.82) is 0 Å². The van der Waals surface area contributed by atoms with Gasteiger partial charge in [-0.15, -0.1) is 0 Å². The fourth-order valence-electron chi connectivity index (χ4n) is 5.36. The minimum Gasteiger partial charge on any atom is -0.497 e. The molecular weight excluding hydrogens is 726 g/mol. The summed E-state index contributed by atoms with van der Waals surface area (Å²) in [5, 5.41) is 2.95. The van der Waals surface area contributed by atoms with Crippen molar-refractivity contribution in [1.82, 2.24) is 10.2 Å². The predicted octanol–water partition coefficient (Wildman–Crippen LogP) is 5.85. The van der Waals surface area contributed by atoms with Crippen molar-refractivity contribution < 1.29 is 37.0 Å². The van der Waals surface area contributed by atoms with E-state index in [1.807, 2.05) is 61.5 Å². The number of ether oxygens (including phenoxy) is 4. The zero-order valence-corrected chi connectivity index (χ0v) is 31.1. The molecule has 0 aromatic heterocycles. The fraction of sp³-hybridized carbons (Fsp3) is 0.297. The summed E-state index contributed by atoms with van der Waals surface area (Å²) in [5.74, 6) is 0.0634. The molecular formula is C37H42BrN3O8S. The van der Waals surface area contributed by atoms with Crippen LogP contribution < -0.4 is 28.6 Å². The van der Waals surface area contributed by atoms with Crippen molar-refractivity contribution in [3.8, 4) is 23.0 Å². The van der Waals surface area contributed by atoms with Gasteiger partial charge >= 0.3 is 0 Å². The molecule has 266 valence electrons. The number of carbonyl (C=O) groups is 2. The average Bonchev–Trinajstić information content (AvgIpc) is 3.13. The molecule has 0 spiro atoms. The Morgan fingerprint density at radius 2 is 1.46 bits per heavy atom. The zero-order valence-electron chi connectivity index (χ0n) is 28.7. The van der Waals surface area contributed by atoms with E-state index in [1.54, 1.807) is 12.1 Å². The first-order valence-corrected chi connectivity index (χ1v) is 18.1. The number of rotatable bonds is 17. The van der Waals surface area contributed by atoms with Crippen molar-refractivity contribution in [2.45, 2.75) is 37.2 Å². The minimum atomic E-state index is -4.49. The summed E-state index contributed by atoms with van der Waals surface area (Å²) in [6.45, 7) is 1.69. The van der Waals surface area contributed by atoms with Gasteiger partial charge in [-0.05, 0) is 53.9 Å². The van der Waals surface area contributed by atoms with Crippen molar-refractivity contribution in [2.75, 3.05) is 45.8 Å². The predicted molar refractivity (Wildman–Crippen MR) is 196 cm³/mol. The molecule has 0 bridgehead atoms. The van der Waals surface area contributed by atoms with E-state index in [9.17, 15) is 18.0 Å². The normalized spacial score (nSPS) is 11.6. The maximum atomic E-state index is 14.8. The second-order valence-electron chi connectivity index (χ2n) is 11.2. The molecule has 0 fully saturated rings. The minimum absolute atomic E-state index is 0.0226. The highest BCUT2D eigenvalue weighted by molar-refractivity contribution is 9.10. The third kappa shape index (κ3) is 9.27. The van der Waals surface area contributed by atoms with Gasteiger partial charge in [0, 0.05) is 36.1 Å². The van der Waals surface area contributed by atoms with Crippen LogP contribution in [0.5, 0.6) is 23.0 Å². The van der Waals surface area contributed by atoms with E-state index >= 15 is 0 Å². The molecule has 1 atom stereocenters. The Morgan fingerprint density at radius 3 is 2.10 bits per heavy atom.